The number of primary amides is 3. The number of aromatic nitrogens is 12. The molecule has 16 N–H and O–H groups in total. The minimum Gasteiger partial charge on any atom is -0.478 e. The Labute approximate surface area is 750 Å². The number of aryl methyl sites for hydroxylation is 1. The SMILES string of the molecule is CC(C)(C)OC(=O)N[C@@H]1CCCN(c2nnc(C(N)=O)c(Nc3ccc(C(=O)O)cc3)n2)C1.CC(C)(C)OC(=O)N[C@@H]1CCCNC1.CCOC(=O)c1nnc(SC)nc1Cl.COC(=O)c1ccc(Nc2nc(N3CCC[C@@H](NC(=O)OC(C)(C)C)C3)nnc2C(N)=O)cc1.COC(=O)c1ccc(Nc2nc(SC)nnc2C(N)=O)cc1.Cc1ccc(N)cc1.O=C=O. The fraction of sp³-hybridized carbons (Fsp3) is 0.420. The molecule has 0 bridgehead atoms. The number of ether oxygens (including phenoxy) is 6. The second-order valence-corrected chi connectivity index (χ2v) is 32.2. The zero-order valence-corrected chi connectivity index (χ0v) is 75.6. The molecule has 3 aliphatic rings. The Bertz CT molecular complexity index is 5060. The Morgan fingerprint density at radius 3 is 1.18 bits per heavy atom. The van der Waals surface area contributed by atoms with Gasteiger partial charge < -0.3 is 103 Å². The molecule has 128 heavy (non-hydrogen) atoms. The second kappa shape index (κ2) is 51.6. The molecular weight excluding hydrogens is 1730 g/mol. The quantitative estimate of drug-likeness (QED) is 0.0138. The average Bonchev–Trinajstić information content (AvgIpc) is 0.816. The first-order chi connectivity index (χ1) is 60.5. The standard InChI is InChI=1S/C22H29N7O5.C21H27N7O5.C13H13N5O3S.C10H20N2O2.C7H8ClN3O2S.C7H9N.CO2/c1-22(2,3)34-21(32)25-15-6-5-11-29(12-15)20-26-18(16(17(23)30)27-28-20)24-14-9-7-13(8-10-14)19(31)33-4;1-21(2,3)33-20(32)24-14-5-4-10-28(11-14)19-25-17(15(16(22)29)26-27-19)23-13-8-6-12(7-9-13)18(30)31;1-21-12(20)7-3-5-8(6-4-7)15-11-9(10(14)19)17-18-13(16-11)22-2;1-10(2,3)14-9(13)12-8-5-4-6-11-7-8;1-3-13-6(12)4-5(8)9-7(14-2)11-10-4;1-6-2-4-7(8)5-3-6;2-1-3/h7-10,15H,5-6,11-12H2,1-4H3,(H2,23,30)(H,25,32)(H,24,26,28);6-9,14H,4-5,10-11H2,1-3H3,(H2,22,29)(H,24,32)(H,30,31)(H,23,25,27);3-6H,1-2H3,(H2,14,19)(H,15,16,18);8,11H,4-7H2,1-3H3,(H,12,13);3H2,1-2H3;2-5H,8H2,1H3;/t15-;14-;;8-;;;/m11.1.../s1. The Morgan fingerprint density at radius 2 is 0.852 bits per heavy atom. The van der Waals surface area contributed by atoms with E-state index >= 15 is 0 Å². The van der Waals surface area contributed by atoms with Crippen molar-refractivity contribution in [1.29, 1.82) is 0 Å². The molecule has 3 atom stereocenters. The number of benzene rings is 4. The van der Waals surface area contributed by atoms with Crippen LogP contribution in [0.2, 0.25) is 5.15 Å². The number of methoxy groups -OCH3 is 2. The van der Waals surface area contributed by atoms with Crippen molar-refractivity contribution in [2.75, 3.05) is 104 Å². The summed E-state index contributed by atoms with van der Waals surface area (Å²) in [5.74, 6) is -3.90. The number of halogens is 1. The van der Waals surface area contributed by atoms with Gasteiger partial charge in [-0.2, -0.15) is 19.6 Å². The van der Waals surface area contributed by atoms with Crippen molar-refractivity contribution < 1.29 is 91.1 Å². The lowest BCUT2D eigenvalue weighted by molar-refractivity contribution is -0.191. The fourth-order valence-electron chi connectivity index (χ4n) is 11.0. The maximum absolute atomic E-state index is 12.1. The zero-order valence-electron chi connectivity index (χ0n) is 73.2. The predicted octanol–water partition coefficient (Wildman–Crippen LogP) is 8.80. The van der Waals surface area contributed by atoms with Crippen LogP contribution in [0.3, 0.4) is 0 Å². The number of nitrogen functional groups attached to an aromatic ring is 1. The highest BCUT2D eigenvalue weighted by molar-refractivity contribution is 7.98. The summed E-state index contributed by atoms with van der Waals surface area (Å²) in [7, 11) is 2.61. The topological polar surface area (TPSA) is 630 Å². The molecule has 0 radical (unpaired) electrons. The van der Waals surface area contributed by atoms with E-state index in [1.54, 1.807) is 110 Å². The summed E-state index contributed by atoms with van der Waals surface area (Å²) in [5, 5.41) is 61.4. The molecule has 0 aliphatic carbocycles. The molecule has 8 aromatic rings. The Morgan fingerprint density at radius 1 is 0.500 bits per heavy atom. The molecule has 3 saturated heterocycles. The number of carbonyl (C=O) groups excluding carboxylic acids is 11. The molecule has 3 aliphatic heterocycles. The summed E-state index contributed by atoms with van der Waals surface area (Å²) in [5.41, 5.74) is 24.2. The van der Waals surface area contributed by atoms with Crippen LogP contribution in [0, 0.1) is 6.92 Å². The summed E-state index contributed by atoms with van der Waals surface area (Å²) in [6.07, 6.45) is 7.79. The van der Waals surface area contributed by atoms with Crippen LogP contribution in [0.1, 0.15) is 186 Å². The molecule has 6 amide bonds. The average molecular weight is 1830 g/mol. The fourth-order valence-corrected chi connectivity index (χ4v) is 11.9. The lowest BCUT2D eigenvalue weighted by atomic mass is 10.1. The number of piperidine rings is 3. The number of hydrogen-bond donors (Lipinski definition) is 12. The summed E-state index contributed by atoms with van der Waals surface area (Å²) >= 11 is 8.29. The molecule has 47 heteroatoms. The normalized spacial score (nSPS) is 14.3. The first-order valence-electron chi connectivity index (χ1n) is 39.3. The van der Waals surface area contributed by atoms with E-state index in [4.69, 9.17) is 72.9 Å². The van der Waals surface area contributed by atoms with Gasteiger partial charge in [0.25, 0.3) is 17.7 Å². The Kier molecular flexibility index (Phi) is 42.2. The maximum Gasteiger partial charge on any atom is 0.407 e. The number of carboxylic acid groups (broad SMARTS) is 1. The molecule has 3 fully saturated rings. The van der Waals surface area contributed by atoms with Crippen molar-refractivity contribution in [3.63, 3.8) is 0 Å². The molecule has 688 valence electrons. The third-order valence-corrected chi connectivity index (χ3v) is 18.0. The molecule has 44 nitrogen and oxygen atoms in total. The van der Waals surface area contributed by atoms with Gasteiger partial charge >= 0.3 is 48.3 Å². The lowest BCUT2D eigenvalue weighted by Crippen LogP contribution is -2.49. The van der Waals surface area contributed by atoms with Crippen LogP contribution >= 0.6 is 35.1 Å². The highest BCUT2D eigenvalue weighted by Crippen LogP contribution is 2.27. The molecule has 0 unspecified atom stereocenters. The van der Waals surface area contributed by atoms with Crippen molar-refractivity contribution in [1.82, 2.24) is 82.0 Å². The van der Waals surface area contributed by atoms with Crippen LogP contribution in [-0.4, -0.2) is 239 Å². The van der Waals surface area contributed by atoms with E-state index in [1.165, 1.54) is 67.6 Å². The van der Waals surface area contributed by atoms with E-state index in [1.807, 2.05) is 61.8 Å². The van der Waals surface area contributed by atoms with Gasteiger partial charge in [0.2, 0.25) is 27.9 Å². The van der Waals surface area contributed by atoms with Gasteiger partial charge in [-0.1, -0.05) is 52.8 Å². The van der Waals surface area contributed by atoms with Crippen LogP contribution in [0.4, 0.5) is 66.5 Å². The third kappa shape index (κ3) is 37.5. The van der Waals surface area contributed by atoms with Gasteiger partial charge in [-0.3, -0.25) is 14.4 Å². The van der Waals surface area contributed by atoms with Gasteiger partial charge in [-0.15, -0.1) is 40.8 Å². The number of aromatic carboxylic acids is 1. The number of anilines is 9. The van der Waals surface area contributed by atoms with Crippen molar-refractivity contribution in [2.45, 2.75) is 160 Å². The number of carboxylic acids is 1. The highest BCUT2D eigenvalue weighted by Gasteiger charge is 2.31. The number of nitrogens with two attached hydrogens (primary N) is 4. The number of rotatable bonds is 21. The number of hydrogen-bond acceptors (Lipinski definition) is 39. The third-order valence-electron chi connectivity index (χ3n) is 16.7. The first kappa shape index (κ1) is 105. The molecule has 0 spiro atoms. The monoisotopic (exact) mass is 1830 g/mol. The Hall–Kier alpha value is -13.9. The smallest absolute Gasteiger partial charge is 0.407 e. The van der Waals surface area contributed by atoms with E-state index < -0.39 is 70.6 Å². The molecule has 4 aromatic carbocycles. The van der Waals surface area contributed by atoms with Gasteiger partial charge in [0, 0.05) is 73.6 Å². The predicted molar refractivity (Wildman–Crippen MR) is 473 cm³/mol. The summed E-state index contributed by atoms with van der Waals surface area (Å²) < 4.78 is 29.8. The largest absolute Gasteiger partial charge is 0.478 e. The van der Waals surface area contributed by atoms with Gasteiger partial charge in [0.1, 0.15) is 16.8 Å². The minimum absolute atomic E-state index is 0.0165. The molecule has 0 saturated carbocycles. The van der Waals surface area contributed by atoms with E-state index in [2.05, 4.69) is 103 Å². The van der Waals surface area contributed by atoms with Crippen molar-refractivity contribution in [3.8, 4) is 0 Å². The van der Waals surface area contributed by atoms with Gasteiger partial charge in [0.15, 0.2) is 39.7 Å². The van der Waals surface area contributed by atoms with Gasteiger partial charge in [-0.25, -0.2) is 43.5 Å². The van der Waals surface area contributed by atoms with E-state index in [0.29, 0.717) is 64.7 Å². The van der Waals surface area contributed by atoms with Crippen LogP contribution < -0.4 is 70.0 Å². The van der Waals surface area contributed by atoms with Crippen LogP contribution in [-0.2, 0) is 38.0 Å². The molecular formula is C81H106ClN25O19S2. The van der Waals surface area contributed by atoms with Crippen LogP contribution in [0.25, 0.3) is 0 Å². The van der Waals surface area contributed by atoms with Crippen molar-refractivity contribution in [3.05, 3.63) is 147 Å². The number of nitrogens with zero attached hydrogens (tertiary/aromatic N) is 14. The molecule has 7 heterocycles. The Balaban J connectivity index is 0.000000285. The zero-order chi connectivity index (χ0) is 95.0. The molecule has 11 rings (SSSR count). The number of esters is 3. The van der Waals surface area contributed by atoms with E-state index in [9.17, 15) is 47.9 Å². The second-order valence-electron chi connectivity index (χ2n) is 30.3. The number of thioether (sulfide) groups is 2. The van der Waals surface area contributed by atoms with E-state index in [0.717, 1.165) is 57.3 Å². The maximum atomic E-state index is 12.1. The van der Waals surface area contributed by atoms with E-state index in [-0.39, 0.29) is 99.8 Å². The number of amides is 6. The van der Waals surface area contributed by atoms with Gasteiger partial charge in [0.05, 0.1) is 37.5 Å². The lowest BCUT2D eigenvalue weighted by Gasteiger charge is -2.33. The van der Waals surface area contributed by atoms with Crippen LogP contribution in [0.5, 0.6) is 0 Å². The number of carbonyl (C=O) groups is 10. The minimum atomic E-state index is -1.05. The molecule has 4 aromatic heterocycles. The van der Waals surface area contributed by atoms with Crippen molar-refractivity contribution in [2.24, 2.45) is 17.2 Å². The first-order valence-corrected chi connectivity index (χ1v) is 42.1. The number of alkyl carbamates (subject to hydrolysis) is 3. The summed E-state index contributed by atoms with van der Waals surface area (Å²) in [6, 6.07) is 26.5. The van der Waals surface area contributed by atoms with Crippen LogP contribution in [0.15, 0.2) is 107 Å². The summed E-state index contributed by atoms with van der Waals surface area (Å²) in [6.45, 7) is 24.5. The number of nitrogens with one attached hydrogen (secondary N) is 7. The highest BCUT2D eigenvalue weighted by atomic mass is 35.5. The van der Waals surface area contributed by atoms with Gasteiger partial charge in [-0.05, 0) is 219 Å². The summed E-state index contributed by atoms with van der Waals surface area (Å²) in [4.78, 5) is 153. The van der Waals surface area contributed by atoms with Crippen molar-refractivity contribution >= 4 is 153 Å².